The van der Waals surface area contributed by atoms with E-state index in [9.17, 15) is 4.79 Å². The standard InChI is InChI=1S/C18H12ClN3OS/c1-11-4-2-6-13(8-11)16-20-18-22(21-16)17(23)15(24-18)10-12-5-3-7-14(19)9-12/h2-10H,1H3/b15-10-. The SMILES string of the molecule is Cc1cccc(-c2nc3s/c(=C\c4cccc(Cl)c4)c(=O)n3n2)c1. The lowest BCUT2D eigenvalue weighted by Crippen LogP contribution is -2.23. The third-order valence-corrected chi connectivity index (χ3v) is 4.80. The fraction of sp³-hybridized carbons (Fsp3) is 0.0556. The van der Waals surface area contributed by atoms with Gasteiger partial charge in [-0.25, -0.2) is 0 Å². The molecular formula is C18H12ClN3OS. The highest BCUT2D eigenvalue weighted by molar-refractivity contribution is 7.15. The molecule has 6 heteroatoms. The number of rotatable bonds is 2. The van der Waals surface area contributed by atoms with Gasteiger partial charge in [-0.1, -0.05) is 58.8 Å². The Morgan fingerprint density at radius 1 is 1.17 bits per heavy atom. The van der Waals surface area contributed by atoms with Crippen molar-refractivity contribution in [2.24, 2.45) is 0 Å². The monoisotopic (exact) mass is 353 g/mol. The van der Waals surface area contributed by atoms with Crippen LogP contribution in [0.15, 0.2) is 53.3 Å². The summed E-state index contributed by atoms with van der Waals surface area (Å²) >= 11 is 7.31. The summed E-state index contributed by atoms with van der Waals surface area (Å²) in [5, 5.41) is 5.00. The molecule has 0 aliphatic heterocycles. The molecule has 0 fully saturated rings. The second kappa shape index (κ2) is 5.85. The molecule has 2 aromatic carbocycles. The molecular weight excluding hydrogens is 342 g/mol. The Morgan fingerprint density at radius 3 is 2.75 bits per heavy atom. The maximum absolute atomic E-state index is 12.5. The first-order valence-electron chi connectivity index (χ1n) is 7.34. The predicted octanol–water partition coefficient (Wildman–Crippen LogP) is 3.33. The van der Waals surface area contributed by atoms with Crippen LogP contribution in [0.2, 0.25) is 5.02 Å². The summed E-state index contributed by atoms with van der Waals surface area (Å²) in [5.74, 6) is 0.566. The van der Waals surface area contributed by atoms with Crippen molar-refractivity contribution in [2.75, 3.05) is 0 Å². The van der Waals surface area contributed by atoms with Gasteiger partial charge in [0.25, 0.3) is 5.56 Å². The van der Waals surface area contributed by atoms with Gasteiger partial charge < -0.3 is 0 Å². The first kappa shape index (κ1) is 15.1. The van der Waals surface area contributed by atoms with E-state index in [0.29, 0.717) is 20.3 Å². The highest BCUT2D eigenvalue weighted by Gasteiger charge is 2.11. The first-order chi connectivity index (χ1) is 11.6. The van der Waals surface area contributed by atoms with Gasteiger partial charge in [0.05, 0.1) is 4.53 Å². The van der Waals surface area contributed by atoms with E-state index in [2.05, 4.69) is 10.1 Å². The molecule has 0 saturated heterocycles. The Hall–Kier alpha value is -2.50. The van der Waals surface area contributed by atoms with Gasteiger partial charge in [-0.2, -0.15) is 9.50 Å². The Bertz CT molecular complexity index is 1160. The van der Waals surface area contributed by atoms with Crippen molar-refractivity contribution in [1.82, 2.24) is 14.6 Å². The summed E-state index contributed by atoms with van der Waals surface area (Å²) in [7, 11) is 0. The van der Waals surface area contributed by atoms with Crippen LogP contribution in [0, 0.1) is 6.92 Å². The molecule has 0 saturated carbocycles. The van der Waals surface area contributed by atoms with Crippen LogP contribution < -0.4 is 10.1 Å². The van der Waals surface area contributed by atoms with Crippen molar-refractivity contribution in [3.05, 3.63) is 79.6 Å². The number of halogens is 1. The van der Waals surface area contributed by atoms with Crippen LogP contribution in [0.25, 0.3) is 22.4 Å². The van der Waals surface area contributed by atoms with Crippen LogP contribution in [0.1, 0.15) is 11.1 Å². The third kappa shape index (κ3) is 2.72. The predicted molar refractivity (Wildman–Crippen MR) is 97.5 cm³/mol. The van der Waals surface area contributed by atoms with E-state index < -0.39 is 0 Å². The van der Waals surface area contributed by atoms with Gasteiger partial charge in [-0.15, -0.1) is 5.10 Å². The van der Waals surface area contributed by atoms with Crippen LogP contribution >= 0.6 is 22.9 Å². The van der Waals surface area contributed by atoms with E-state index >= 15 is 0 Å². The first-order valence-corrected chi connectivity index (χ1v) is 8.53. The highest BCUT2D eigenvalue weighted by Crippen LogP contribution is 2.17. The summed E-state index contributed by atoms with van der Waals surface area (Å²) in [4.78, 5) is 17.6. The van der Waals surface area contributed by atoms with Gasteiger partial charge in [0, 0.05) is 10.6 Å². The second-order valence-corrected chi connectivity index (χ2v) is 6.92. The van der Waals surface area contributed by atoms with Crippen LogP contribution in [-0.4, -0.2) is 14.6 Å². The van der Waals surface area contributed by atoms with E-state index in [4.69, 9.17) is 11.6 Å². The minimum atomic E-state index is -0.165. The van der Waals surface area contributed by atoms with Gasteiger partial charge in [0.2, 0.25) is 4.96 Å². The van der Waals surface area contributed by atoms with E-state index in [1.54, 1.807) is 6.07 Å². The number of fused-ring (bicyclic) bond motifs is 1. The minimum absolute atomic E-state index is 0.165. The highest BCUT2D eigenvalue weighted by atomic mass is 35.5. The topological polar surface area (TPSA) is 47.3 Å². The average Bonchev–Trinajstić information content (AvgIpc) is 3.08. The molecule has 0 unspecified atom stereocenters. The van der Waals surface area contributed by atoms with Crippen molar-refractivity contribution in [3.63, 3.8) is 0 Å². The summed E-state index contributed by atoms with van der Waals surface area (Å²) < 4.78 is 1.95. The number of nitrogens with zero attached hydrogens (tertiary/aromatic N) is 3. The van der Waals surface area contributed by atoms with Crippen LogP contribution in [0.5, 0.6) is 0 Å². The maximum atomic E-state index is 12.5. The van der Waals surface area contributed by atoms with E-state index in [0.717, 1.165) is 16.7 Å². The maximum Gasteiger partial charge on any atom is 0.291 e. The second-order valence-electron chi connectivity index (χ2n) is 5.47. The lowest BCUT2D eigenvalue weighted by atomic mass is 10.1. The number of hydrogen-bond acceptors (Lipinski definition) is 4. The number of thiazole rings is 1. The normalized spacial score (nSPS) is 12.2. The summed E-state index contributed by atoms with van der Waals surface area (Å²) in [6.45, 7) is 2.01. The van der Waals surface area contributed by atoms with Crippen LogP contribution in [-0.2, 0) is 0 Å². The summed E-state index contributed by atoms with van der Waals surface area (Å²) in [5.41, 5.74) is 2.75. The molecule has 0 atom stereocenters. The smallest absolute Gasteiger partial charge is 0.266 e. The molecule has 2 aromatic heterocycles. The molecule has 2 heterocycles. The van der Waals surface area contributed by atoms with Crippen molar-refractivity contribution < 1.29 is 0 Å². The summed E-state index contributed by atoms with van der Waals surface area (Å²) in [6, 6.07) is 15.3. The summed E-state index contributed by atoms with van der Waals surface area (Å²) in [6.07, 6.45) is 1.81. The van der Waals surface area contributed by atoms with Crippen molar-refractivity contribution in [2.45, 2.75) is 6.92 Å². The Labute approximate surface area is 146 Å². The van der Waals surface area contributed by atoms with Gasteiger partial charge in [-0.05, 0) is 36.8 Å². The Kier molecular flexibility index (Phi) is 3.67. The molecule has 0 aliphatic rings. The van der Waals surface area contributed by atoms with Gasteiger partial charge in [0.1, 0.15) is 0 Å². The molecule has 4 aromatic rings. The zero-order valence-electron chi connectivity index (χ0n) is 12.7. The minimum Gasteiger partial charge on any atom is -0.266 e. The molecule has 0 aliphatic carbocycles. The number of aryl methyl sites for hydroxylation is 1. The van der Waals surface area contributed by atoms with Gasteiger partial charge >= 0.3 is 0 Å². The van der Waals surface area contributed by atoms with Crippen LogP contribution in [0.3, 0.4) is 0 Å². The molecule has 4 nitrogen and oxygen atoms in total. The van der Waals surface area contributed by atoms with Crippen molar-refractivity contribution in [3.8, 4) is 11.4 Å². The number of benzene rings is 2. The molecule has 0 radical (unpaired) electrons. The van der Waals surface area contributed by atoms with E-state index in [1.165, 1.54) is 15.9 Å². The molecule has 0 N–H and O–H groups in total. The van der Waals surface area contributed by atoms with E-state index in [-0.39, 0.29) is 5.56 Å². The molecule has 24 heavy (non-hydrogen) atoms. The molecule has 118 valence electrons. The molecule has 4 rings (SSSR count). The molecule has 0 amide bonds. The van der Waals surface area contributed by atoms with E-state index in [1.807, 2.05) is 55.5 Å². The Morgan fingerprint density at radius 2 is 2.00 bits per heavy atom. The molecule has 0 bridgehead atoms. The lowest BCUT2D eigenvalue weighted by Gasteiger charge is -1.95. The number of aromatic nitrogens is 3. The molecule has 0 spiro atoms. The zero-order chi connectivity index (χ0) is 16.7. The van der Waals surface area contributed by atoms with Gasteiger partial charge in [-0.3, -0.25) is 4.79 Å². The average molecular weight is 354 g/mol. The van der Waals surface area contributed by atoms with Crippen molar-refractivity contribution in [1.29, 1.82) is 0 Å². The fourth-order valence-electron chi connectivity index (χ4n) is 2.49. The quantitative estimate of drug-likeness (QED) is 0.555. The zero-order valence-corrected chi connectivity index (χ0v) is 14.3. The lowest BCUT2D eigenvalue weighted by molar-refractivity contribution is 0.936. The third-order valence-electron chi connectivity index (χ3n) is 3.60. The largest absolute Gasteiger partial charge is 0.291 e. The fourth-order valence-corrected chi connectivity index (χ4v) is 3.59. The van der Waals surface area contributed by atoms with Crippen LogP contribution in [0.4, 0.5) is 0 Å². The Balaban J connectivity index is 1.83. The number of hydrogen-bond donors (Lipinski definition) is 0. The van der Waals surface area contributed by atoms with Gasteiger partial charge in [0.15, 0.2) is 5.82 Å². The van der Waals surface area contributed by atoms with Crippen molar-refractivity contribution >= 4 is 34.0 Å².